The van der Waals surface area contributed by atoms with E-state index in [0.717, 1.165) is 29.0 Å². The van der Waals surface area contributed by atoms with Gasteiger partial charge in [0.05, 0.1) is 12.5 Å². The maximum absolute atomic E-state index is 12.3. The molecule has 132 valence electrons. The fourth-order valence-corrected chi connectivity index (χ4v) is 2.95. The van der Waals surface area contributed by atoms with Crippen LogP contribution in [0.3, 0.4) is 0 Å². The van der Waals surface area contributed by atoms with Crippen LogP contribution in [0.5, 0.6) is 11.5 Å². The first kappa shape index (κ1) is 17.3. The van der Waals surface area contributed by atoms with E-state index >= 15 is 0 Å². The molecule has 0 saturated carbocycles. The molecule has 4 nitrogen and oxygen atoms in total. The molecule has 1 aliphatic heterocycles. The number of amides is 1. The lowest BCUT2D eigenvalue weighted by Crippen LogP contribution is -2.28. The van der Waals surface area contributed by atoms with Gasteiger partial charge in [0.2, 0.25) is 12.7 Å². The summed E-state index contributed by atoms with van der Waals surface area (Å²) in [4.78, 5) is 12.3. The van der Waals surface area contributed by atoms with E-state index in [-0.39, 0.29) is 18.7 Å². The number of benzene rings is 2. The van der Waals surface area contributed by atoms with E-state index in [1.54, 1.807) is 0 Å². The Hall–Kier alpha value is -2.49. The van der Waals surface area contributed by atoms with E-state index < -0.39 is 0 Å². The zero-order valence-electron chi connectivity index (χ0n) is 14.9. The average molecular weight is 339 g/mol. The van der Waals surface area contributed by atoms with Gasteiger partial charge in [0.1, 0.15) is 0 Å². The van der Waals surface area contributed by atoms with Crippen LogP contribution in [0.2, 0.25) is 0 Å². The summed E-state index contributed by atoms with van der Waals surface area (Å²) in [6.45, 7) is 4.43. The molecule has 4 heteroatoms. The van der Waals surface area contributed by atoms with E-state index in [1.165, 1.54) is 18.4 Å². The Bertz CT molecular complexity index is 724. The summed E-state index contributed by atoms with van der Waals surface area (Å²) < 4.78 is 10.7. The lowest BCUT2D eigenvalue weighted by Gasteiger charge is -2.15. The molecule has 1 unspecified atom stereocenters. The van der Waals surface area contributed by atoms with E-state index in [0.29, 0.717) is 6.42 Å². The van der Waals surface area contributed by atoms with Crippen molar-refractivity contribution in [3.05, 3.63) is 59.2 Å². The first-order valence-electron chi connectivity index (χ1n) is 8.92. The molecule has 3 rings (SSSR count). The van der Waals surface area contributed by atoms with Crippen molar-refractivity contribution in [2.75, 3.05) is 6.79 Å². The number of unbranched alkanes of at least 4 members (excludes halogenated alkanes) is 1. The third-order valence-electron chi connectivity index (χ3n) is 4.48. The minimum absolute atomic E-state index is 0.0199. The molecule has 0 radical (unpaired) electrons. The molecule has 0 spiro atoms. The van der Waals surface area contributed by atoms with Gasteiger partial charge in [-0.15, -0.1) is 0 Å². The van der Waals surface area contributed by atoms with Crippen LogP contribution in [-0.4, -0.2) is 12.7 Å². The standard InChI is InChI=1S/C21H25NO3/c1-3-4-5-16-6-8-17(9-7-16)12-21(23)22-15(2)18-10-11-19-20(13-18)25-14-24-19/h6-11,13,15H,3-5,12,14H2,1-2H3,(H,22,23). The molecular formula is C21H25NO3. The van der Waals surface area contributed by atoms with Gasteiger partial charge in [-0.3, -0.25) is 4.79 Å². The highest BCUT2D eigenvalue weighted by atomic mass is 16.7. The minimum Gasteiger partial charge on any atom is -0.454 e. The molecule has 2 aromatic rings. The van der Waals surface area contributed by atoms with Crippen molar-refractivity contribution in [1.29, 1.82) is 0 Å². The van der Waals surface area contributed by atoms with Gasteiger partial charge < -0.3 is 14.8 Å². The topological polar surface area (TPSA) is 47.6 Å². The number of carbonyl (C=O) groups excluding carboxylic acids is 1. The lowest BCUT2D eigenvalue weighted by atomic mass is 10.0. The number of ether oxygens (including phenoxy) is 2. The fraction of sp³-hybridized carbons (Fsp3) is 0.381. The van der Waals surface area contributed by atoms with Gasteiger partial charge in [-0.2, -0.15) is 0 Å². The van der Waals surface area contributed by atoms with Crippen LogP contribution in [0.15, 0.2) is 42.5 Å². The number of aryl methyl sites for hydroxylation is 1. The van der Waals surface area contributed by atoms with Crippen LogP contribution >= 0.6 is 0 Å². The summed E-state index contributed by atoms with van der Waals surface area (Å²) in [5.41, 5.74) is 3.38. The number of carbonyl (C=O) groups is 1. The second kappa shape index (κ2) is 8.06. The molecular weight excluding hydrogens is 314 g/mol. The predicted molar refractivity (Wildman–Crippen MR) is 97.9 cm³/mol. The first-order chi connectivity index (χ1) is 12.2. The Kier molecular flexibility index (Phi) is 5.59. The number of fused-ring (bicyclic) bond motifs is 1. The molecule has 1 aliphatic rings. The van der Waals surface area contributed by atoms with E-state index in [9.17, 15) is 4.79 Å². The molecule has 1 N–H and O–H groups in total. The van der Waals surface area contributed by atoms with E-state index in [1.807, 2.05) is 25.1 Å². The molecule has 1 amide bonds. The van der Waals surface area contributed by atoms with Crippen LogP contribution in [0.4, 0.5) is 0 Å². The summed E-state index contributed by atoms with van der Waals surface area (Å²) in [5, 5.41) is 3.05. The molecule has 0 bridgehead atoms. The third-order valence-corrected chi connectivity index (χ3v) is 4.48. The highest BCUT2D eigenvalue weighted by molar-refractivity contribution is 5.79. The van der Waals surface area contributed by atoms with Crippen LogP contribution in [0, 0.1) is 0 Å². The molecule has 0 aromatic heterocycles. The van der Waals surface area contributed by atoms with Crippen molar-refractivity contribution in [3.8, 4) is 11.5 Å². The second-order valence-electron chi connectivity index (χ2n) is 6.50. The summed E-state index contributed by atoms with van der Waals surface area (Å²) in [5.74, 6) is 1.51. The Morgan fingerprint density at radius 1 is 1.08 bits per heavy atom. The molecule has 1 heterocycles. The first-order valence-corrected chi connectivity index (χ1v) is 8.92. The summed E-state index contributed by atoms with van der Waals surface area (Å²) in [6.07, 6.45) is 3.89. The van der Waals surface area contributed by atoms with Gasteiger partial charge in [-0.05, 0) is 48.6 Å². The zero-order valence-corrected chi connectivity index (χ0v) is 14.9. The van der Waals surface area contributed by atoms with Crippen molar-refractivity contribution in [3.63, 3.8) is 0 Å². The predicted octanol–water partition coefficient (Wildman–Crippen LogP) is 4.18. The largest absolute Gasteiger partial charge is 0.454 e. The number of nitrogens with one attached hydrogen (secondary N) is 1. The van der Waals surface area contributed by atoms with Crippen LogP contribution in [0.1, 0.15) is 49.4 Å². The molecule has 1 atom stereocenters. The molecule has 2 aromatic carbocycles. The normalized spacial score (nSPS) is 13.5. The lowest BCUT2D eigenvalue weighted by molar-refractivity contribution is -0.121. The molecule has 25 heavy (non-hydrogen) atoms. The Balaban J connectivity index is 1.55. The fourth-order valence-electron chi connectivity index (χ4n) is 2.95. The SMILES string of the molecule is CCCCc1ccc(CC(=O)NC(C)c2ccc3c(c2)OCO3)cc1. The minimum atomic E-state index is -0.0779. The number of hydrogen-bond donors (Lipinski definition) is 1. The maximum atomic E-state index is 12.3. The summed E-state index contributed by atoms with van der Waals surface area (Å²) in [6, 6.07) is 14.0. The monoisotopic (exact) mass is 339 g/mol. The number of hydrogen-bond acceptors (Lipinski definition) is 3. The van der Waals surface area contributed by atoms with Gasteiger partial charge in [-0.1, -0.05) is 43.7 Å². The molecule has 0 fully saturated rings. The van der Waals surface area contributed by atoms with E-state index in [2.05, 4.69) is 36.5 Å². The van der Waals surface area contributed by atoms with Crippen molar-refractivity contribution in [2.24, 2.45) is 0 Å². The van der Waals surface area contributed by atoms with Gasteiger partial charge >= 0.3 is 0 Å². The van der Waals surface area contributed by atoms with Gasteiger partial charge in [-0.25, -0.2) is 0 Å². The van der Waals surface area contributed by atoms with Gasteiger partial charge in [0.15, 0.2) is 11.5 Å². The summed E-state index contributed by atoms with van der Waals surface area (Å²) >= 11 is 0. The second-order valence-corrected chi connectivity index (χ2v) is 6.50. The quantitative estimate of drug-likeness (QED) is 0.823. The Labute approximate surface area is 149 Å². The number of rotatable bonds is 7. The van der Waals surface area contributed by atoms with Crippen molar-refractivity contribution in [2.45, 2.75) is 45.6 Å². The van der Waals surface area contributed by atoms with Crippen molar-refractivity contribution < 1.29 is 14.3 Å². The highest BCUT2D eigenvalue weighted by Crippen LogP contribution is 2.34. The maximum Gasteiger partial charge on any atom is 0.231 e. The smallest absolute Gasteiger partial charge is 0.231 e. The average Bonchev–Trinajstić information content (AvgIpc) is 3.08. The summed E-state index contributed by atoms with van der Waals surface area (Å²) in [7, 11) is 0. The zero-order chi connectivity index (χ0) is 17.6. The highest BCUT2D eigenvalue weighted by Gasteiger charge is 2.17. The van der Waals surface area contributed by atoms with Crippen LogP contribution in [0.25, 0.3) is 0 Å². The molecule has 0 saturated heterocycles. The van der Waals surface area contributed by atoms with Gasteiger partial charge in [0, 0.05) is 0 Å². The van der Waals surface area contributed by atoms with Gasteiger partial charge in [0.25, 0.3) is 0 Å². The van der Waals surface area contributed by atoms with Crippen molar-refractivity contribution >= 4 is 5.91 Å². The van der Waals surface area contributed by atoms with Crippen LogP contribution in [-0.2, 0) is 17.6 Å². The van der Waals surface area contributed by atoms with Crippen molar-refractivity contribution in [1.82, 2.24) is 5.32 Å². The van der Waals surface area contributed by atoms with Crippen LogP contribution < -0.4 is 14.8 Å². The Morgan fingerprint density at radius 2 is 1.80 bits per heavy atom. The third kappa shape index (κ3) is 4.53. The Morgan fingerprint density at radius 3 is 2.56 bits per heavy atom. The van der Waals surface area contributed by atoms with E-state index in [4.69, 9.17) is 9.47 Å². The molecule has 0 aliphatic carbocycles.